The molecule has 0 spiro atoms. The molecule has 1 heterocycles. The summed E-state index contributed by atoms with van der Waals surface area (Å²) >= 11 is 5.75. The number of benzene rings is 1. The molecule has 114 valence electrons. The van der Waals surface area contributed by atoms with Gasteiger partial charge in [-0.15, -0.1) is 0 Å². The van der Waals surface area contributed by atoms with Gasteiger partial charge < -0.3 is 10.6 Å². The summed E-state index contributed by atoms with van der Waals surface area (Å²) in [7, 11) is 0. The molecule has 1 aliphatic rings. The number of amides is 2. The van der Waals surface area contributed by atoms with Gasteiger partial charge >= 0.3 is 6.18 Å². The van der Waals surface area contributed by atoms with E-state index in [4.69, 9.17) is 17.3 Å². The highest BCUT2D eigenvalue weighted by atomic mass is 35.5. The van der Waals surface area contributed by atoms with E-state index < -0.39 is 29.0 Å². The van der Waals surface area contributed by atoms with Gasteiger partial charge in [-0.1, -0.05) is 11.6 Å². The van der Waals surface area contributed by atoms with Gasteiger partial charge in [-0.3, -0.25) is 9.59 Å². The molecular formula is C13H12ClF3N2O2. The van der Waals surface area contributed by atoms with Gasteiger partial charge in [0.1, 0.15) is 0 Å². The number of alkyl halides is 3. The minimum absolute atomic E-state index is 0.0313. The van der Waals surface area contributed by atoms with Crippen LogP contribution in [0.2, 0.25) is 5.02 Å². The van der Waals surface area contributed by atoms with Crippen molar-refractivity contribution in [1.29, 1.82) is 0 Å². The lowest BCUT2D eigenvalue weighted by atomic mass is 9.81. The Kier molecular flexibility index (Phi) is 3.65. The smallest absolute Gasteiger partial charge is 0.369 e. The minimum Gasteiger partial charge on any atom is -0.369 e. The Hall–Kier alpha value is -1.76. The van der Waals surface area contributed by atoms with Crippen molar-refractivity contribution in [3.63, 3.8) is 0 Å². The number of carbonyl (C=O) groups excluding carboxylic acids is 2. The third-order valence-corrected chi connectivity index (χ3v) is 3.80. The maximum Gasteiger partial charge on any atom is 0.416 e. The molecule has 2 N–H and O–H groups in total. The molecule has 1 saturated heterocycles. The monoisotopic (exact) mass is 320 g/mol. The molecule has 0 bridgehead atoms. The molecule has 0 saturated carbocycles. The fourth-order valence-corrected chi connectivity index (χ4v) is 2.39. The maximum absolute atomic E-state index is 12.5. The molecule has 0 unspecified atom stereocenters. The number of primary amides is 1. The van der Waals surface area contributed by atoms with Crippen LogP contribution in [0, 0.1) is 5.41 Å². The zero-order chi connectivity index (χ0) is 16.0. The first-order valence-corrected chi connectivity index (χ1v) is 6.38. The third-order valence-electron chi connectivity index (χ3n) is 3.49. The number of likely N-dealkylation sites (tertiary alicyclic amines) is 1. The van der Waals surface area contributed by atoms with Crippen molar-refractivity contribution >= 4 is 23.4 Å². The number of rotatable bonds is 2. The standard InChI is InChI=1S/C13H12ClF3N2O2/c1-12(11(18)21)5-19(6-12)10(20)8-3-2-7(4-9(8)14)13(15,16)17/h2-4H,5-6H2,1H3,(H2,18,21). The van der Waals surface area contributed by atoms with Crippen molar-refractivity contribution in [2.75, 3.05) is 13.1 Å². The van der Waals surface area contributed by atoms with Crippen molar-refractivity contribution < 1.29 is 22.8 Å². The second kappa shape index (κ2) is 4.91. The predicted molar refractivity (Wildman–Crippen MR) is 69.7 cm³/mol. The van der Waals surface area contributed by atoms with Crippen LogP contribution < -0.4 is 5.73 Å². The number of nitrogens with two attached hydrogens (primary N) is 1. The first-order chi connectivity index (χ1) is 9.54. The Morgan fingerprint density at radius 1 is 1.33 bits per heavy atom. The Balaban J connectivity index is 2.17. The van der Waals surface area contributed by atoms with Gasteiger partial charge in [-0.05, 0) is 25.1 Å². The summed E-state index contributed by atoms with van der Waals surface area (Å²) in [6.45, 7) is 1.87. The summed E-state index contributed by atoms with van der Waals surface area (Å²) in [5.41, 5.74) is 3.45. The topological polar surface area (TPSA) is 63.4 Å². The molecule has 0 aromatic heterocycles. The molecule has 8 heteroatoms. The normalized spacial score (nSPS) is 17.3. The van der Waals surface area contributed by atoms with Crippen LogP contribution in [0.3, 0.4) is 0 Å². The number of hydrogen-bond donors (Lipinski definition) is 1. The van der Waals surface area contributed by atoms with E-state index in [2.05, 4.69) is 0 Å². The molecule has 2 rings (SSSR count). The summed E-state index contributed by atoms with van der Waals surface area (Å²) in [6, 6.07) is 2.54. The predicted octanol–water partition coefficient (Wildman–Crippen LogP) is 2.31. The lowest BCUT2D eigenvalue weighted by Crippen LogP contribution is -2.62. The number of hydrogen-bond acceptors (Lipinski definition) is 2. The van der Waals surface area contributed by atoms with E-state index in [1.165, 1.54) is 4.90 Å². The van der Waals surface area contributed by atoms with Gasteiger partial charge in [0.05, 0.1) is 21.6 Å². The van der Waals surface area contributed by atoms with E-state index >= 15 is 0 Å². The highest BCUT2D eigenvalue weighted by Gasteiger charge is 2.46. The molecule has 2 amide bonds. The molecular weight excluding hydrogens is 309 g/mol. The Morgan fingerprint density at radius 3 is 2.33 bits per heavy atom. The van der Waals surface area contributed by atoms with E-state index in [-0.39, 0.29) is 23.7 Å². The van der Waals surface area contributed by atoms with E-state index in [0.717, 1.165) is 12.1 Å². The summed E-state index contributed by atoms with van der Waals surface area (Å²) < 4.78 is 37.6. The summed E-state index contributed by atoms with van der Waals surface area (Å²) in [5, 5.41) is -0.275. The van der Waals surface area contributed by atoms with Crippen LogP contribution in [0.5, 0.6) is 0 Å². The lowest BCUT2D eigenvalue weighted by molar-refractivity contribution is -0.137. The maximum atomic E-state index is 12.5. The number of carbonyl (C=O) groups is 2. The van der Waals surface area contributed by atoms with Crippen molar-refractivity contribution in [3.05, 3.63) is 34.3 Å². The van der Waals surface area contributed by atoms with Crippen LogP contribution >= 0.6 is 11.6 Å². The summed E-state index contributed by atoms with van der Waals surface area (Å²) in [6.07, 6.45) is -4.52. The van der Waals surface area contributed by atoms with Crippen molar-refractivity contribution in [3.8, 4) is 0 Å². The van der Waals surface area contributed by atoms with E-state index in [1.807, 2.05) is 0 Å². The molecule has 4 nitrogen and oxygen atoms in total. The first kappa shape index (κ1) is 15.6. The molecule has 0 atom stereocenters. The quantitative estimate of drug-likeness (QED) is 0.909. The van der Waals surface area contributed by atoms with Crippen LogP contribution in [-0.2, 0) is 11.0 Å². The molecule has 1 aromatic carbocycles. The average Bonchev–Trinajstić information content (AvgIpc) is 2.32. The van der Waals surface area contributed by atoms with Crippen LogP contribution in [0.25, 0.3) is 0 Å². The van der Waals surface area contributed by atoms with Crippen molar-refractivity contribution in [2.24, 2.45) is 11.1 Å². The Labute approximate surface area is 123 Å². The van der Waals surface area contributed by atoms with Gasteiger partial charge in [0.2, 0.25) is 5.91 Å². The Bertz CT molecular complexity index is 610. The van der Waals surface area contributed by atoms with E-state index in [0.29, 0.717) is 6.07 Å². The van der Waals surface area contributed by atoms with Crippen molar-refractivity contribution in [1.82, 2.24) is 4.90 Å². The zero-order valence-electron chi connectivity index (χ0n) is 11.0. The number of nitrogens with zero attached hydrogens (tertiary/aromatic N) is 1. The van der Waals surface area contributed by atoms with Crippen LogP contribution in [0.1, 0.15) is 22.8 Å². The zero-order valence-corrected chi connectivity index (χ0v) is 11.8. The summed E-state index contributed by atoms with van der Waals surface area (Å²) in [4.78, 5) is 24.6. The molecule has 1 fully saturated rings. The van der Waals surface area contributed by atoms with E-state index in [1.54, 1.807) is 6.92 Å². The summed E-state index contributed by atoms with van der Waals surface area (Å²) in [5.74, 6) is -1.04. The van der Waals surface area contributed by atoms with Crippen LogP contribution in [-0.4, -0.2) is 29.8 Å². The van der Waals surface area contributed by atoms with Crippen molar-refractivity contribution in [2.45, 2.75) is 13.1 Å². The van der Waals surface area contributed by atoms with Gasteiger partial charge in [-0.25, -0.2) is 0 Å². The second-order valence-electron chi connectivity index (χ2n) is 5.28. The third kappa shape index (κ3) is 2.83. The molecule has 1 aromatic rings. The first-order valence-electron chi connectivity index (χ1n) is 6.00. The van der Waals surface area contributed by atoms with Gasteiger partial charge in [-0.2, -0.15) is 13.2 Å². The van der Waals surface area contributed by atoms with Crippen LogP contribution in [0.15, 0.2) is 18.2 Å². The van der Waals surface area contributed by atoms with Gasteiger partial charge in [0.25, 0.3) is 5.91 Å². The SMILES string of the molecule is CC1(C(N)=O)CN(C(=O)c2ccc(C(F)(F)F)cc2Cl)C1. The average molecular weight is 321 g/mol. The molecule has 21 heavy (non-hydrogen) atoms. The van der Waals surface area contributed by atoms with E-state index in [9.17, 15) is 22.8 Å². The lowest BCUT2D eigenvalue weighted by Gasteiger charge is -2.45. The highest BCUT2D eigenvalue weighted by Crippen LogP contribution is 2.35. The molecule has 0 radical (unpaired) electrons. The minimum atomic E-state index is -4.52. The second-order valence-corrected chi connectivity index (χ2v) is 5.69. The highest BCUT2D eigenvalue weighted by molar-refractivity contribution is 6.34. The fraction of sp³-hybridized carbons (Fsp3) is 0.385. The molecule has 1 aliphatic heterocycles. The number of halogens is 4. The van der Waals surface area contributed by atoms with Crippen LogP contribution in [0.4, 0.5) is 13.2 Å². The largest absolute Gasteiger partial charge is 0.416 e. The Morgan fingerprint density at radius 2 is 1.90 bits per heavy atom. The fourth-order valence-electron chi connectivity index (χ4n) is 2.13. The molecule has 0 aliphatic carbocycles. The van der Waals surface area contributed by atoms with Gasteiger partial charge in [0, 0.05) is 13.1 Å². The van der Waals surface area contributed by atoms with Gasteiger partial charge in [0.15, 0.2) is 0 Å².